The number of aliphatic hydroxyl groups is 1. The molecule has 0 heterocycles. The van der Waals surface area contributed by atoms with Gasteiger partial charge in [-0.2, -0.15) is 0 Å². The average molecular weight is 202 g/mol. The van der Waals surface area contributed by atoms with Crippen molar-refractivity contribution in [2.75, 3.05) is 13.7 Å². The van der Waals surface area contributed by atoms with Crippen molar-refractivity contribution in [1.29, 1.82) is 0 Å². The maximum absolute atomic E-state index is 10.4. The molecule has 2 atom stereocenters. The van der Waals surface area contributed by atoms with Crippen LogP contribution < -0.4 is 0 Å². The van der Waals surface area contributed by atoms with Crippen LogP contribution in [0.25, 0.3) is 0 Å². The molecule has 2 heteroatoms. The number of rotatable bonds is 7. The second-order valence-corrected chi connectivity index (χ2v) is 4.79. The van der Waals surface area contributed by atoms with E-state index in [9.17, 15) is 5.11 Å². The maximum atomic E-state index is 10.4. The maximum Gasteiger partial charge on any atom is 0.0905 e. The van der Waals surface area contributed by atoms with E-state index in [2.05, 4.69) is 27.7 Å². The number of ether oxygens (including phenoxy) is 1. The molecule has 0 aromatic heterocycles. The Balaban J connectivity index is 4.21. The molecular formula is C12H26O2. The molecule has 0 aliphatic heterocycles. The van der Waals surface area contributed by atoms with Gasteiger partial charge in [-0.25, -0.2) is 0 Å². The highest BCUT2D eigenvalue weighted by atomic mass is 16.5. The van der Waals surface area contributed by atoms with E-state index in [4.69, 9.17) is 4.74 Å². The summed E-state index contributed by atoms with van der Waals surface area (Å²) >= 11 is 0. The molecule has 0 spiro atoms. The Morgan fingerprint density at radius 1 is 1.29 bits per heavy atom. The van der Waals surface area contributed by atoms with E-state index < -0.39 is 5.60 Å². The molecule has 2 unspecified atom stereocenters. The van der Waals surface area contributed by atoms with E-state index in [1.54, 1.807) is 7.11 Å². The van der Waals surface area contributed by atoms with Gasteiger partial charge in [-0.3, -0.25) is 0 Å². The third-order valence-electron chi connectivity index (χ3n) is 2.95. The Hall–Kier alpha value is -0.0800. The van der Waals surface area contributed by atoms with Crippen LogP contribution in [0.3, 0.4) is 0 Å². The van der Waals surface area contributed by atoms with Crippen molar-refractivity contribution < 1.29 is 9.84 Å². The summed E-state index contributed by atoms with van der Waals surface area (Å²) in [5.41, 5.74) is -0.649. The Kier molecular flexibility index (Phi) is 6.38. The number of methoxy groups -OCH3 is 1. The molecular weight excluding hydrogens is 176 g/mol. The quantitative estimate of drug-likeness (QED) is 0.688. The highest BCUT2D eigenvalue weighted by molar-refractivity contribution is 4.83. The van der Waals surface area contributed by atoms with Crippen LogP contribution >= 0.6 is 0 Å². The largest absolute Gasteiger partial charge is 0.387 e. The lowest BCUT2D eigenvalue weighted by molar-refractivity contribution is -0.0790. The first-order chi connectivity index (χ1) is 6.46. The zero-order chi connectivity index (χ0) is 11.2. The lowest BCUT2D eigenvalue weighted by Gasteiger charge is -2.33. The molecule has 2 nitrogen and oxygen atoms in total. The van der Waals surface area contributed by atoms with Crippen LogP contribution in [0.5, 0.6) is 0 Å². The second kappa shape index (κ2) is 6.41. The van der Waals surface area contributed by atoms with Crippen molar-refractivity contribution in [3.8, 4) is 0 Å². The fourth-order valence-electron chi connectivity index (χ4n) is 1.91. The molecule has 0 fully saturated rings. The second-order valence-electron chi connectivity index (χ2n) is 4.79. The Morgan fingerprint density at radius 2 is 1.86 bits per heavy atom. The van der Waals surface area contributed by atoms with E-state index in [1.165, 1.54) is 12.8 Å². The molecule has 0 saturated carbocycles. The van der Waals surface area contributed by atoms with E-state index in [-0.39, 0.29) is 5.92 Å². The molecule has 0 radical (unpaired) electrons. The van der Waals surface area contributed by atoms with Crippen LogP contribution in [-0.4, -0.2) is 24.4 Å². The van der Waals surface area contributed by atoms with Gasteiger partial charge in [-0.05, 0) is 18.3 Å². The fraction of sp³-hybridized carbons (Fsp3) is 1.00. The van der Waals surface area contributed by atoms with Crippen LogP contribution in [0.1, 0.15) is 47.0 Å². The molecule has 0 saturated heterocycles. The summed E-state index contributed by atoms with van der Waals surface area (Å²) in [5.74, 6) is 0.823. The summed E-state index contributed by atoms with van der Waals surface area (Å²) in [6, 6.07) is 0. The third-order valence-corrected chi connectivity index (χ3v) is 2.95. The zero-order valence-corrected chi connectivity index (χ0v) is 10.3. The lowest BCUT2D eigenvalue weighted by atomic mass is 9.82. The Labute approximate surface area is 88.7 Å². The van der Waals surface area contributed by atoms with Crippen LogP contribution in [0.2, 0.25) is 0 Å². The van der Waals surface area contributed by atoms with Gasteiger partial charge in [0.15, 0.2) is 0 Å². The average Bonchev–Trinajstić information content (AvgIpc) is 2.04. The summed E-state index contributed by atoms with van der Waals surface area (Å²) in [6.45, 7) is 8.93. The van der Waals surface area contributed by atoms with Gasteiger partial charge >= 0.3 is 0 Å². The summed E-state index contributed by atoms with van der Waals surface area (Å²) in [6.07, 6.45) is 3.20. The fourth-order valence-corrected chi connectivity index (χ4v) is 1.91. The molecule has 0 amide bonds. The predicted octanol–water partition coefficient (Wildman–Crippen LogP) is 2.85. The van der Waals surface area contributed by atoms with Gasteiger partial charge in [-0.15, -0.1) is 0 Å². The Morgan fingerprint density at radius 3 is 2.21 bits per heavy atom. The van der Waals surface area contributed by atoms with E-state index in [0.717, 1.165) is 6.42 Å². The van der Waals surface area contributed by atoms with E-state index >= 15 is 0 Å². The van der Waals surface area contributed by atoms with Gasteiger partial charge in [-0.1, -0.05) is 40.5 Å². The summed E-state index contributed by atoms with van der Waals surface area (Å²) in [4.78, 5) is 0. The predicted molar refractivity (Wildman–Crippen MR) is 60.4 cm³/mol. The van der Waals surface area contributed by atoms with Gasteiger partial charge < -0.3 is 9.84 Å². The minimum Gasteiger partial charge on any atom is -0.387 e. The summed E-state index contributed by atoms with van der Waals surface area (Å²) < 4.78 is 5.10. The SMILES string of the molecule is CCCC(C)CC(O)(COC)C(C)C. The topological polar surface area (TPSA) is 29.5 Å². The molecule has 86 valence electrons. The molecule has 1 N–H and O–H groups in total. The summed E-state index contributed by atoms with van der Waals surface area (Å²) in [7, 11) is 1.65. The van der Waals surface area contributed by atoms with Crippen molar-refractivity contribution in [2.24, 2.45) is 11.8 Å². The van der Waals surface area contributed by atoms with Gasteiger partial charge in [0.05, 0.1) is 12.2 Å². The molecule has 0 aromatic rings. The summed E-state index contributed by atoms with van der Waals surface area (Å²) in [5, 5.41) is 10.4. The number of hydrogen-bond acceptors (Lipinski definition) is 2. The van der Waals surface area contributed by atoms with Crippen LogP contribution in [-0.2, 0) is 4.74 Å². The van der Waals surface area contributed by atoms with Crippen molar-refractivity contribution in [2.45, 2.75) is 52.6 Å². The normalized spacial score (nSPS) is 18.2. The van der Waals surface area contributed by atoms with Crippen molar-refractivity contribution in [3.63, 3.8) is 0 Å². The van der Waals surface area contributed by atoms with Crippen molar-refractivity contribution >= 4 is 0 Å². The van der Waals surface area contributed by atoms with Gasteiger partial charge in [0, 0.05) is 7.11 Å². The van der Waals surface area contributed by atoms with Crippen LogP contribution in [0.15, 0.2) is 0 Å². The lowest BCUT2D eigenvalue weighted by Crippen LogP contribution is -2.41. The highest BCUT2D eigenvalue weighted by Gasteiger charge is 2.32. The van der Waals surface area contributed by atoms with Gasteiger partial charge in [0.1, 0.15) is 0 Å². The molecule has 0 aliphatic rings. The first-order valence-corrected chi connectivity index (χ1v) is 5.67. The zero-order valence-electron chi connectivity index (χ0n) is 10.3. The standard InChI is InChI=1S/C12H26O2/c1-6-7-11(4)8-12(13,9-14-5)10(2)3/h10-11,13H,6-9H2,1-5H3. The van der Waals surface area contributed by atoms with E-state index in [0.29, 0.717) is 12.5 Å². The Bertz CT molecular complexity index is 145. The molecule has 0 bridgehead atoms. The smallest absolute Gasteiger partial charge is 0.0905 e. The van der Waals surface area contributed by atoms with Crippen LogP contribution in [0.4, 0.5) is 0 Å². The molecule has 0 rings (SSSR count). The minimum absolute atomic E-state index is 0.252. The van der Waals surface area contributed by atoms with Gasteiger partial charge in [0.25, 0.3) is 0 Å². The first-order valence-electron chi connectivity index (χ1n) is 5.67. The molecule has 0 aromatic carbocycles. The van der Waals surface area contributed by atoms with E-state index in [1.807, 2.05) is 0 Å². The first kappa shape index (κ1) is 13.9. The highest BCUT2D eigenvalue weighted by Crippen LogP contribution is 2.27. The molecule has 0 aliphatic carbocycles. The van der Waals surface area contributed by atoms with Crippen LogP contribution in [0, 0.1) is 11.8 Å². The third kappa shape index (κ3) is 4.43. The van der Waals surface area contributed by atoms with Gasteiger partial charge in [0.2, 0.25) is 0 Å². The number of hydrogen-bond donors (Lipinski definition) is 1. The molecule has 14 heavy (non-hydrogen) atoms. The monoisotopic (exact) mass is 202 g/mol. The van der Waals surface area contributed by atoms with Crippen molar-refractivity contribution in [3.05, 3.63) is 0 Å². The van der Waals surface area contributed by atoms with Crippen molar-refractivity contribution in [1.82, 2.24) is 0 Å². The minimum atomic E-state index is -0.649.